The van der Waals surface area contributed by atoms with Gasteiger partial charge in [-0.05, 0) is 55.6 Å². The lowest BCUT2D eigenvalue weighted by Gasteiger charge is -2.40. The van der Waals surface area contributed by atoms with Crippen molar-refractivity contribution in [2.75, 3.05) is 0 Å². The van der Waals surface area contributed by atoms with Crippen LogP contribution < -0.4 is 11.3 Å². The molecule has 1 aliphatic rings. The Labute approximate surface area is 124 Å². The standard InChI is InChI=1S/C18H30N2/c1-13(2)12-18(9-5-6-10-18)17(20-19)16-8-7-14(3)11-15(16)4/h7-8,11,13,17,20H,5-6,9-10,12,19H2,1-4H3. The minimum atomic E-state index is 0.285. The highest BCUT2D eigenvalue weighted by Gasteiger charge is 2.42. The number of nitrogens with one attached hydrogen (secondary N) is 1. The first kappa shape index (κ1) is 15.5. The lowest BCUT2D eigenvalue weighted by atomic mass is 9.70. The van der Waals surface area contributed by atoms with Crippen molar-refractivity contribution >= 4 is 0 Å². The molecule has 1 atom stereocenters. The Morgan fingerprint density at radius 1 is 1.20 bits per heavy atom. The van der Waals surface area contributed by atoms with Crippen molar-refractivity contribution in [1.29, 1.82) is 0 Å². The summed E-state index contributed by atoms with van der Waals surface area (Å²) >= 11 is 0. The predicted octanol–water partition coefficient (Wildman–Crippen LogP) is 4.41. The number of hydrogen-bond acceptors (Lipinski definition) is 2. The van der Waals surface area contributed by atoms with Gasteiger partial charge < -0.3 is 0 Å². The van der Waals surface area contributed by atoms with E-state index in [4.69, 9.17) is 5.84 Å². The molecule has 0 heterocycles. The average molecular weight is 274 g/mol. The van der Waals surface area contributed by atoms with Crippen molar-refractivity contribution in [3.8, 4) is 0 Å². The van der Waals surface area contributed by atoms with Gasteiger partial charge in [-0.2, -0.15) is 0 Å². The van der Waals surface area contributed by atoms with Crippen LogP contribution in [0, 0.1) is 25.2 Å². The minimum absolute atomic E-state index is 0.285. The van der Waals surface area contributed by atoms with Crippen LogP contribution in [-0.4, -0.2) is 0 Å². The second kappa shape index (κ2) is 6.28. The van der Waals surface area contributed by atoms with Crippen LogP contribution in [0.1, 0.15) is 68.7 Å². The van der Waals surface area contributed by atoms with E-state index in [-0.39, 0.29) is 6.04 Å². The van der Waals surface area contributed by atoms with Crippen LogP contribution in [0.15, 0.2) is 18.2 Å². The second-order valence-corrected chi connectivity index (χ2v) is 7.13. The summed E-state index contributed by atoms with van der Waals surface area (Å²) in [7, 11) is 0. The fourth-order valence-electron chi connectivity index (χ4n) is 4.25. The number of hydrogen-bond donors (Lipinski definition) is 2. The molecule has 1 aromatic carbocycles. The third kappa shape index (κ3) is 3.07. The molecule has 0 bridgehead atoms. The molecule has 1 unspecified atom stereocenters. The van der Waals surface area contributed by atoms with Gasteiger partial charge in [0, 0.05) is 0 Å². The lowest BCUT2D eigenvalue weighted by molar-refractivity contribution is 0.155. The Bertz CT molecular complexity index is 445. The first-order valence-corrected chi connectivity index (χ1v) is 8.02. The Balaban J connectivity index is 2.38. The predicted molar refractivity (Wildman–Crippen MR) is 86.3 cm³/mol. The number of nitrogens with two attached hydrogens (primary N) is 1. The lowest BCUT2D eigenvalue weighted by Crippen LogP contribution is -2.41. The summed E-state index contributed by atoms with van der Waals surface area (Å²) in [6, 6.07) is 7.05. The van der Waals surface area contributed by atoms with Crippen LogP contribution in [0.4, 0.5) is 0 Å². The summed E-state index contributed by atoms with van der Waals surface area (Å²) in [5.41, 5.74) is 7.58. The Hall–Kier alpha value is -0.860. The molecule has 3 N–H and O–H groups in total. The van der Waals surface area contributed by atoms with Crippen LogP contribution in [0.25, 0.3) is 0 Å². The zero-order chi connectivity index (χ0) is 14.8. The summed E-state index contributed by atoms with van der Waals surface area (Å²) in [4.78, 5) is 0. The fraction of sp³-hybridized carbons (Fsp3) is 0.667. The highest BCUT2D eigenvalue weighted by Crippen LogP contribution is 2.51. The van der Waals surface area contributed by atoms with E-state index in [1.807, 2.05) is 0 Å². The zero-order valence-corrected chi connectivity index (χ0v) is 13.5. The maximum atomic E-state index is 6.00. The monoisotopic (exact) mass is 274 g/mol. The minimum Gasteiger partial charge on any atom is -0.271 e. The first-order valence-electron chi connectivity index (χ1n) is 8.02. The van der Waals surface area contributed by atoms with Crippen LogP contribution in [0.2, 0.25) is 0 Å². The molecule has 0 radical (unpaired) electrons. The Morgan fingerprint density at radius 2 is 1.85 bits per heavy atom. The molecule has 1 aliphatic carbocycles. The van der Waals surface area contributed by atoms with E-state index >= 15 is 0 Å². The molecular formula is C18H30N2. The Kier molecular flexibility index (Phi) is 4.87. The van der Waals surface area contributed by atoms with Gasteiger partial charge in [-0.15, -0.1) is 0 Å². The summed E-state index contributed by atoms with van der Waals surface area (Å²) in [6.07, 6.45) is 6.54. The molecule has 112 valence electrons. The van der Waals surface area contributed by atoms with Crippen molar-refractivity contribution in [2.45, 2.75) is 65.8 Å². The third-order valence-corrected chi connectivity index (χ3v) is 4.93. The van der Waals surface area contributed by atoms with Crippen molar-refractivity contribution in [3.63, 3.8) is 0 Å². The zero-order valence-electron chi connectivity index (χ0n) is 13.5. The second-order valence-electron chi connectivity index (χ2n) is 7.13. The molecule has 0 aromatic heterocycles. The summed E-state index contributed by atoms with van der Waals surface area (Å²) in [6.45, 7) is 9.02. The Morgan fingerprint density at radius 3 is 2.35 bits per heavy atom. The highest BCUT2D eigenvalue weighted by molar-refractivity contribution is 5.34. The molecule has 2 heteroatoms. The largest absolute Gasteiger partial charge is 0.271 e. The van der Waals surface area contributed by atoms with E-state index in [0.717, 1.165) is 5.92 Å². The number of benzene rings is 1. The fourth-order valence-corrected chi connectivity index (χ4v) is 4.25. The molecule has 0 saturated heterocycles. The normalized spacial score (nSPS) is 19.5. The van der Waals surface area contributed by atoms with Gasteiger partial charge in [0.25, 0.3) is 0 Å². The van der Waals surface area contributed by atoms with Crippen molar-refractivity contribution < 1.29 is 0 Å². The summed E-state index contributed by atoms with van der Waals surface area (Å²) in [5.74, 6) is 6.72. The summed E-state index contributed by atoms with van der Waals surface area (Å²) in [5, 5.41) is 0. The van der Waals surface area contributed by atoms with Crippen LogP contribution >= 0.6 is 0 Å². The molecule has 0 amide bonds. The SMILES string of the molecule is Cc1ccc(C(NN)C2(CC(C)C)CCCC2)c(C)c1. The van der Waals surface area contributed by atoms with Gasteiger partial charge in [-0.25, -0.2) is 0 Å². The van der Waals surface area contributed by atoms with E-state index < -0.39 is 0 Å². The molecule has 1 aromatic rings. The molecule has 2 rings (SSSR count). The van der Waals surface area contributed by atoms with E-state index in [0.29, 0.717) is 5.41 Å². The number of hydrazine groups is 1. The molecule has 1 fully saturated rings. The van der Waals surface area contributed by atoms with E-state index in [1.54, 1.807) is 0 Å². The van der Waals surface area contributed by atoms with Gasteiger partial charge >= 0.3 is 0 Å². The molecule has 1 saturated carbocycles. The van der Waals surface area contributed by atoms with Gasteiger partial charge in [-0.1, -0.05) is 50.5 Å². The van der Waals surface area contributed by atoms with E-state index in [2.05, 4.69) is 51.3 Å². The number of rotatable bonds is 5. The smallest absolute Gasteiger partial charge is 0.0518 e. The molecule has 20 heavy (non-hydrogen) atoms. The van der Waals surface area contributed by atoms with Crippen molar-refractivity contribution in [2.24, 2.45) is 17.2 Å². The third-order valence-electron chi connectivity index (χ3n) is 4.93. The maximum absolute atomic E-state index is 6.00. The average Bonchev–Trinajstić information content (AvgIpc) is 2.81. The molecule has 0 spiro atoms. The van der Waals surface area contributed by atoms with Gasteiger partial charge in [0.15, 0.2) is 0 Å². The van der Waals surface area contributed by atoms with E-state index in [1.165, 1.54) is 48.8 Å². The number of aryl methyl sites for hydroxylation is 2. The molecule has 2 nitrogen and oxygen atoms in total. The molecule has 0 aliphatic heterocycles. The van der Waals surface area contributed by atoms with E-state index in [9.17, 15) is 0 Å². The van der Waals surface area contributed by atoms with Crippen molar-refractivity contribution in [3.05, 3.63) is 34.9 Å². The van der Waals surface area contributed by atoms with Gasteiger partial charge in [0.05, 0.1) is 6.04 Å². The highest BCUT2D eigenvalue weighted by atomic mass is 15.2. The quantitative estimate of drug-likeness (QED) is 0.616. The molecular weight excluding hydrogens is 244 g/mol. The van der Waals surface area contributed by atoms with Gasteiger partial charge in [0.2, 0.25) is 0 Å². The topological polar surface area (TPSA) is 38.0 Å². The van der Waals surface area contributed by atoms with Crippen LogP contribution in [-0.2, 0) is 0 Å². The van der Waals surface area contributed by atoms with Crippen LogP contribution in [0.5, 0.6) is 0 Å². The first-order chi connectivity index (χ1) is 9.48. The van der Waals surface area contributed by atoms with Gasteiger partial charge in [0.1, 0.15) is 0 Å². The van der Waals surface area contributed by atoms with Crippen LogP contribution in [0.3, 0.4) is 0 Å². The maximum Gasteiger partial charge on any atom is 0.0518 e. The summed E-state index contributed by atoms with van der Waals surface area (Å²) < 4.78 is 0. The van der Waals surface area contributed by atoms with Gasteiger partial charge in [-0.3, -0.25) is 11.3 Å². The van der Waals surface area contributed by atoms with Crippen molar-refractivity contribution in [1.82, 2.24) is 5.43 Å².